The molecule has 0 spiro atoms. The van der Waals surface area contributed by atoms with Crippen molar-refractivity contribution in [1.29, 1.82) is 0 Å². The van der Waals surface area contributed by atoms with Crippen molar-refractivity contribution in [2.45, 2.75) is 31.1 Å². The molecule has 4 heteroatoms. The van der Waals surface area contributed by atoms with Crippen molar-refractivity contribution in [1.82, 2.24) is 4.90 Å². The second-order valence-corrected chi connectivity index (χ2v) is 7.75. The highest BCUT2D eigenvalue weighted by atomic mass is 32.2. The summed E-state index contributed by atoms with van der Waals surface area (Å²) in [5.41, 5.74) is 0.931. The molecule has 1 aliphatic rings. The molecular formula is C16H25NO2S. The fraction of sp³-hybridized carbons (Fsp3) is 0.625. The van der Waals surface area contributed by atoms with E-state index in [0.717, 1.165) is 30.2 Å². The Morgan fingerprint density at radius 2 is 2.20 bits per heavy atom. The fourth-order valence-corrected chi connectivity index (χ4v) is 3.58. The zero-order valence-corrected chi connectivity index (χ0v) is 13.4. The lowest BCUT2D eigenvalue weighted by Crippen LogP contribution is -2.31. The van der Waals surface area contributed by atoms with Gasteiger partial charge in [-0.3, -0.25) is 4.90 Å². The van der Waals surface area contributed by atoms with E-state index in [0.29, 0.717) is 11.3 Å². The number of hydrogen-bond acceptors (Lipinski definition) is 4. The zero-order chi connectivity index (χ0) is 14.6. The van der Waals surface area contributed by atoms with Crippen LogP contribution < -0.4 is 4.74 Å². The summed E-state index contributed by atoms with van der Waals surface area (Å²) in [6.45, 7) is 7.42. The molecule has 0 aromatic heterocycles. The summed E-state index contributed by atoms with van der Waals surface area (Å²) in [5.74, 6) is 1.94. The van der Waals surface area contributed by atoms with Crippen molar-refractivity contribution < 1.29 is 9.84 Å². The van der Waals surface area contributed by atoms with Gasteiger partial charge in [0.25, 0.3) is 0 Å². The van der Waals surface area contributed by atoms with Crippen molar-refractivity contribution in [2.24, 2.45) is 0 Å². The van der Waals surface area contributed by atoms with Crippen LogP contribution in [0.2, 0.25) is 0 Å². The van der Waals surface area contributed by atoms with Gasteiger partial charge in [-0.25, -0.2) is 0 Å². The van der Waals surface area contributed by atoms with Crippen LogP contribution in [0, 0.1) is 0 Å². The van der Waals surface area contributed by atoms with E-state index in [2.05, 4.69) is 18.7 Å². The molecule has 1 saturated heterocycles. The fourth-order valence-electron chi connectivity index (χ4n) is 2.44. The van der Waals surface area contributed by atoms with Crippen LogP contribution in [0.3, 0.4) is 0 Å². The third-order valence-electron chi connectivity index (χ3n) is 3.84. The molecule has 1 aliphatic heterocycles. The van der Waals surface area contributed by atoms with Gasteiger partial charge in [0.15, 0.2) is 0 Å². The topological polar surface area (TPSA) is 32.7 Å². The van der Waals surface area contributed by atoms with Crippen LogP contribution in [0.4, 0.5) is 0 Å². The summed E-state index contributed by atoms with van der Waals surface area (Å²) in [6, 6.07) is 7.71. The average molecular weight is 295 g/mol. The van der Waals surface area contributed by atoms with E-state index in [9.17, 15) is 5.11 Å². The molecule has 0 saturated carbocycles. The van der Waals surface area contributed by atoms with E-state index in [1.165, 1.54) is 6.42 Å². The van der Waals surface area contributed by atoms with E-state index >= 15 is 0 Å². The van der Waals surface area contributed by atoms with Gasteiger partial charge in [-0.05, 0) is 30.7 Å². The van der Waals surface area contributed by atoms with Gasteiger partial charge in [-0.1, -0.05) is 26.0 Å². The standard InChI is InChI=1S/C16H25NO2S/c1-16(2)7-8-17(9-10-20-16)12-15(18)13-5-4-6-14(11-13)19-3/h4-6,11,15,18H,7-10,12H2,1-3H3. The lowest BCUT2D eigenvalue weighted by atomic mass is 10.1. The molecule has 0 radical (unpaired) electrons. The van der Waals surface area contributed by atoms with Crippen LogP contribution in [-0.2, 0) is 0 Å². The van der Waals surface area contributed by atoms with Crippen molar-refractivity contribution in [3.05, 3.63) is 29.8 Å². The zero-order valence-electron chi connectivity index (χ0n) is 12.6. The molecule has 1 unspecified atom stereocenters. The maximum absolute atomic E-state index is 10.4. The summed E-state index contributed by atoms with van der Waals surface area (Å²) >= 11 is 2.03. The Morgan fingerprint density at radius 1 is 1.40 bits per heavy atom. The number of thioether (sulfide) groups is 1. The molecule has 0 amide bonds. The number of aliphatic hydroxyl groups is 1. The number of benzene rings is 1. The van der Waals surface area contributed by atoms with Gasteiger partial charge >= 0.3 is 0 Å². The largest absolute Gasteiger partial charge is 0.497 e. The minimum atomic E-state index is -0.448. The first-order chi connectivity index (χ1) is 9.50. The van der Waals surface area contributed by atoms with Gasteiger partial charge in [-0.15, -0.1) is 0 Å². The highest BCUT2D eigenvalue weighted by Crippen LogP contribution is 2.31. The van der Waals surface area contributed by atoms with Crippen LogP contribution in [0.15, 0.2) is 24.3 Å². The molecule has 112 valence electrons. The summed E-state index contributed by atoms with van der Waals surface area (Å²) in [5, 5.41) is 10.4. The Bertz CT molecular complexity index is 436. The van der Waals surface area contributed by atoms with Gasteiger partial charge in [0.2, 0.25) is 0 Å². The van der Waals surface area contributed by atoms with E-state index in [-0.39, 0.29) is 0 Å². The van der Waals surface area contributed by atoms with Crippen LogP contribution in [0.5, 0.6) is 5.75 Å². The number of rotatable bonds is 4. The Labute approximate surface area is 126 Å². The molecule has 1 N–H and O–H groups in total. The molecule has 2 rings (SSSR count). The van der Waals surface area contributed by atoms with Gasteiger partial charge < -0.3 is 9.84 Å². The quantitative estimate of drug-likeness (QED) is 0.926. The molecule has 1 aromatic rings. The lowest BCUT2D eigenvalue weighted by Gasteiger charge is -2.24. The summed E-state index contributed by atoms with van der Waals surface area (Å²) in [4.78, 5) is 2.37. The lowest BCUT2D eigenvalue weighted by molar-refractivity contribution is 0.115. The van der Waals surface area contributed by atoms with Gasteiger partial charge in [0.1, 0.15) is 5.75 Å². The highest BCUT2D eigenvalue weighted by molar-refractivity contribution is 8.00. The average Bonchev–Trinajstić information content (AvgIpc) is 2.60. The SMILES string of the molecule is COc1cccc(C(O)CN2CCSC(C)(C)CC2)c1. The third-order valence-corrected chi connectivity index (χ3v) is 5.21. The van der Waals surface area contributed by atoms with E-state index in [1.54, 1.807) is 7.11 Å². The normalized spacial score (nSPS) is 21.2. The summed E-state index contributed by atoms with van der Waals surface area (Å²) in [7, 11) is 1.65. The van der Waals surface area contributed by atoms with Crippen LogP contribution in [0.25, 0.3) is 0 Å². The Balaban J connectivity index is 1.95. The molecule has 1 fully saturated rings. The van der Waals surface area contributed by atoms with Crippen LogP contribution in [0.1, 0.15) is 31.9 Å². The first-order valence-corrected chi connectivity index (χ1v) is 8.17. The number of methoxy groups -OCH3 is 1. The molecule has 0 bridgehead atoms. The third kappa shape index (κ3) is 4.40. The molecule has 3 nitrogen and oxygen atoms in total. The summed E-state index contributed by atoms with van der Waals surface area (Å²) < 4.78 is 5.57. The van der Waals surface area contributed by atoms with E-state index in [4.69, 9.17) is 4.74 Å². The predicted molar refractivity (Wildman–Crippen MR) is 85.5 cm³/mol. The van der Waals surface area contributed by atoms with Gasteiger partial charge in [0.05, 0.1) is 13.2 Å². The van der Waals surface area contributed by atoms with Crippen molar-refractivity contribution >= 4 is 11.8 Å². The van der Waals surface area contributed by atoms with Crippen molar-refractivity contribution in [2.75, 3.05) is 32.5 Å². The molecule has 20 heavy (non-hydrogen) atoms. The Morgan fingerprint density at radius 3 is 2.95 bits per heavy atom. The van der Waals surface area contributed by atoms with E-state index in [1.807, 2.05) is 36.0 Å². The van der Waals surface area contributed by atoms with Crippen molar-refractivity contribution in [3.63, 3.8) is 0 Å². The maximum atomic E-state index is 10.4. The van der Waals surface area contributed by atoms with E-state index < -0.39 is 6.10 Å². The highest BCUT2D eigenvalue weighted by Gasteiger charge is 2.24. The predicted octanol–water partition coefficient (Wildman–Crippen LogP) is 2.95. The number of nitrogens with zero attached hydrogens (tertiary/aromatic N) is 1. The molecule has 1 atom stereocenters. The van der Waals surface area contributed by atoms with Crippen LogP contribution >= 0.6 is 11.8 Å². The smallest absolute Gasteiger partial charge is 0.119 e. The Kier molecular flexibility index (Phi) is 5.35. The van der Waals surface area contributed by atoms with Gasteiger partial charge in [-0.2, -0.15) is 11.8 Å². The summed E-state index contributed by atoms with van der Waals surface area (Å²) in [6.07, 6.45) is 0.721. The van der Waals surface area contributed by atoms with Gasteiger partial charge in [0, 0.05) is 23.6 Å². The number of β-amino-alcohol motifs (C(OH)–C–C–N with tert-alkyl or cyclic N) is 1. The molecule has 0 aliphatic carbocycles. The second-order valence-electron chi connectivity index (χ2n) is 5.95. The first-order valence-electron chi connectivity index (χ1n) is 7.18. The van der Waals surface area contributed by atoms with Crippen molar-refractivity contribution in [3.8, 4) is 5.75 Å². The number of ether oxygens (including phenoxy) is 1. The minimum Gasteiger partial charge on any atom is -0.497 e. The number of aliphatic hydroxyl groups excluding tert-OH is 1. The number of hydrogen-bond donors (Lipinski definition) is 1. The monoisotopic (exact) mass is 295 g/mol. The molecule has 1 aromatic carbocycles. The second kappa shape index (κ2) is 6.83. The first kappa shape index (κ1) is 15.7. The van der Waals surface area contributed by atoms with Crippen LogP contribution in [-0.4, -0.2) is 47.3 Å². The minimum absolute atomic E-state index is 0.357. The maximum Gasteiger partial charge on any atom is 0.119 e. The molecular weight excluding hydrogens is 270 g/mol. The molecule has 1 heterocycles. The Hall–Kier alpha value is -0.710.